The van der Waals surface area contributed by atoms with Crippen molar-refractivity contribution >= 4 is 17.7 Å². The summed E-state index contributed by atoms with van der Waals surface area (Å²) in [7, 11) is 0. The molecular weight excluding hydrogens is 328 g/mol. The molecule has 0 spiro atoms. The van der Waals surface area contributed by atoms with Crippen molar-refractivity contribution in [2.24, 2.45) is 0 Å². The maximum atomic E-state index is 12.4. The van der Waals surface area contributed by atoms with E-state index in [1.54, 1.807) is 36.5 Å². The highest BCUT2D eigenvalue weighted by molar-refractivity contribution is 5.99. The lowest BCUT2D eigenvalue weighted by Crippen LogP contribution is -2.54. The number of carbonyl (C=O) groups is 2. The number of rotatable bonds is 4. The fraction of sp³-hybridized carbons (Fsp3) is 0.250. The highest BCUT2D eigenvalue weighted by atomic mass is 16.5. The Balaban J connectivity index is 1.82. The maximum Gasteiger partial charge on any atom is 0.335 e. The maximum absolute atomic E-state index is 12.4. The number of aliphatic hydroxyl groups excluding tert-OH is 1. The molecule has 1 saturated heterocycles. The molecule has 9 heteroatoms. The second-order valence-electron chi connectivity index (χ2n) is 5.34. The summed E-state index contributed by atoms with van der Waals surface area (Å²) in [5, 5.41) is 31.6. The molecule has 2 atom stereocenters. The minimum Gasteiger partial charge on any atom is -0.479 e. The highest BCUT2D eigenvalue weighted by Crippen LogP contribution is 2.20. The van der Waals surface area contributed by atoms with Crippen molar-refractivity contribution in [2.45, 2.75) is 12.2 Å². The van der Waals surface area contributed by atoms with Crippen molar-refractivity contribution in [1.29, 1.82) is 5.26 Å². The van der Waals surface area contributed by atoms with Crippen LogP contribution in [0.15, 0.2) is 36.5 Å². The molecule has 2 aromatic rings. The van der Waals surface area contributed by atoms with Gasteiger partial charge in [0.05, 0.1) is 30.5 Å². The number of anilines is 1. The zero-order valence-electron chi connectivity index (χ0n) is 12.9. The Bertz CT molecular complexity index is 839. The van der Waals surface area contributed by atoms with E-state index in [1.807, 2.05) is 6.07 Å². The van der Waals surface area contributed by atoms with Crippen LogP contribution in [0.3, 0.4) is 0 Å². The normalized spacial score (nSPS) is 18.6. The number of morpholine rings is 1. The van der Waals surface area contributed by atoms with Crippen molar-refractivity contribution < 1.29 is 24.5 Å². The average Bonchev–Trinajstić information content (AvgIpc) is 3.11. The number of benzene rings is 1. The molecule has 0 saturated carbocycles. The Morgan fingerprint density at radius 3 is 2.72 bits per heavy atom. The van der Waals surface area contributed by atoms with Gasteiger partial charge in [0, 0.05) is 12.3 Å². The first-order valence-corrected chi connectivity index (χ1v) is 7.41. The van der Waals surface area contributed by atoms with Gasteiger partial charge in [0.2, 0.25) is 0 Å². The Hall–Kier alpha value is -3.22. The van der Waals surface area contributed by atoms with Gasteiger partial charge in [-0.15, -0.1) is 5.10 Å². The van der Waals surface area contributed by atoms with Gasteiger partial charge in [0.15, 0.2) is 18.0 Å². The largest absolute Gasteiger partial charge is 0.479 e. The van der Waals surface area contributed by atoms with Gasteiger partial charge in [-0.25, -0.2) is 9.48 Å². The molecule has 128 valence electrons. The number of aliphatic carboxylic acids is 1. The second kappa shape index (κ2) is 6.72. The van der Waals surface area contributed by atoms with E-state index in [-0.39, 0.29) is 13.2 Å². The van der Waals surface area contributed by atoms with Crippen LogP contribution in [-0.2, 0) is 14.3 Å². The number of hydrogen-bond donors (Lipinski definition) is 2. The number of aliphatic hydroxyl groups is 1. The second-order valence-corrected chi connectivity index (χ2v) is 5.34. The predicted octanol–water partition coefficient (Wildman–Crippen LogP) is -0.0787. The minimum atomic E-state index is -1.93. The van der Waals surface area contributed by atoms with Crippen LogP contribution in [0.25, 0.3) is 5.69 Å². The molecule has 0 aliphatic carbocycles. The quantitative estimate of drug-likeness (QED) is 0.795. The molecule has 0 bridgehead atoms. The molecule has 2 heterocycles. The lowest BCUT2D eigenvalue weighted by molar-refractivity contribution is -0.163. The highest BCUT2D eigenvalue weighted by Gasteiger charge is 2.39. The number of ether oxygens (including phenoxy) is 1. The van der Waals surface area contributed by atoms with E-state index in [9.17, 15) is 14.7 Å². The Kier molecular flexibility index (Phi) is 4.47. The molecule has 1 aromatic heterocycles. The lowest BCUT2D eigenvalue weighted by Gasteiger charge is -2.31. The molecule has 1 aliphatic rings. The van der Waals surface area contributed by atoms with E-state index in [1.165, 1.54) is 9.58 Å². The van der Waals surface area contributed by atoms with Gasteiger partial charge in [-0.1, -0.05) is 0 Å². The van der Waals surface area contributed by atoms with Gasteiger partial charge in [0.25, 0.3) is 5.91 Å². The van der Waals surface area contributed by atoms with Gasteiger partial charge in [0.1, 0.15) is 0 Å². The first kappa shape index (κ1) is 16.6. The zero-order valence-corrected chi connectivity index (χ0v) is 12.9. The van der Waals surface area contributed by atoms with Crippen LogP contribution in [0.1, 0.15) is 5.56 Å². The molecule has 2 N–H and O–H groups in total. The number of amides is 1. The van der Waals surface area contributed by atoms with Crippen LogP contribution in [0.4, 0.5) is 5.82 Å². The molecule has 1 fully saturated rings. The van der Waals surface area contributed by atoms with Gasteiger partial charge >= 0.3 is 5.97 Å². The number of aromatic nitrogens is 2. The van der Waals surface area contributed by atoms with Crippen LogP contribution in [-0.4, -0.2) is 57.2 Å². The van der Waals surface area contributed by atoms with Gasteiger partial charge in [-0.05, 0) is 24.3 Å². The van der Waals surface area contributed by atoms with E-state index >= 15 is 0 Å². The number of nitriles is 1. The number of carboxylic acid groups (broad SMARTS) is 1. The molecule has 1 amide bonds. The minimum absolute atomic E-state index is 0.0878. The fourth-order valence-electron chi connectivity index (χ4n) is 2.48. The smallest absolute Gasteiger partial charge is 0.335 e. The number of carbonyl (C=O) groups excluding carboxylic acids is 1. The topological polar surface area (TPSA) is 129 Å². The summed E-state index contributed by atoms with van der Waals surface area (Å²) >= 11 is 0. The summed E-state index contributed by atoms with van der Waals surface area (Å²) in [6, 6.07) is 10.4. The van der Waals surface area contributed by atoms with E-state index in [2.05, 4.69) is 5.10 Å². The van der Waals surface area contributed by atoms with Crippen molar-refractivity contribution in [3.63, 3.8) is 0 Å². The van der Waals surface area contributed by atoms with Crippen LogP contribution in [0.5, 0.6) is 0 Å². The van der Waals surface area contributed by atoms with E-state index in [4.69, 9.17) is 15.1 Å². The van der Waals surface area contributed by atoms with Gasteiger partial charge < -0.3 is 14.9 Å². The van der Waals surface area contributed by atoms with Crippen molar-refractivity contribution in [1.82, 2.24) is 9.78 Å². The fourth-order valence-corrected chi connectivity index (χ4v) is 2.48. The number of nitrogens with zero attached hydrogens (tertiary/aromatic N) is 4. The van der Waals surface area contributed by atoms with E-state index in [0.717, 1.165) is 0 Å². The molecule has 25 heavy (non-hydrogen) atoms. The molecule has 9 nitrogen and oxygen atoms in total. The van der Waals surface area contributed by atoms with E-state index in [0.29, 0.717) is 17.1 Å². The SMILES string of the molecule is N#Cc1ccc(-n2ccc(N3CCO[C@H](C(O)C(=O)O)C3=O)n2)cc1. The first-order chi connectivity index (χ1) is 12.0. The summed E-state index contributed by atoms with van der Waals surface area (Å²) in [6.07, 6.45) is -1.76. The summed E-state index contributed by atoms with van der Waals surface area (Å²) in [6.45, 7) is 0.288. The Labute approximate surface area is 142 Å². The Morgan fingerprint density at radius 1 is 1.36 bits per heavy atom. The Morgan fingerprint density at radius 2 is 2.08 bits per heavy atom. The summed E-state index contributed by atoms with van der Waals surface area (Å²) < 4.78 is 6.62. The van der Waals surface area contributed by atoms with E-state index < -0.39 is 24.1 Å². The van der Waals surface area contributed by atoms with Gasteiger partial charge in [-0.2, -0.15) is 5.26 Å². The first-order valence-electron chi connectivity index (χ1n) is 7.41. The number of carboxylic acids is 1. The molecule has 3 rings (SSSR count). The number of hydrogen-bond acceptors (Lipinski definition) is 6. The standard InChI is InChI=1S/C16H14N4O5/c17-9-10-1-3-11(4-2-10)20-6-5-12(18-20)19-7-8-25-14(15(19)22)13(21)16(23)24/h1-6,13-14,21H,7-8H2,(H,23,24)/t13?,14-/m1/s1. The summed E-state index contributed by atoms with van der Waals surface area (Å²) in [5.74, 6) is -1.87. The molecule has 1 aliphatic heterocycles. The van der Waals surface area contributed by atoms with Gasteiger partial charge in [-0.3, -0.25) is 9.69 Å². The van der Waals surface area contributed by atoms with Crippen LogP contribution in [0, 0.1) is 11.3 Å². The van der Waals surface area contributed by atoms with Crippen LogP contribution in [0.2, 0.25) is 0 Å². The van der Waals surface area contributed by atoms with Crippen LogP contribution < -0.4 is 4.90 Å². The monoisotopic (exact) mass is 342 g/mol. The summed E-state index contributed by atoms with van der Waals surface area (Å²) in [4.78, 5) is 24.6. The van der Waals surface area contributed by atoms with Crippen molar-refractivity contribution in [3.8, 4) is 11.8 Å². The van der Waals surface area contributed by atoms with Crippen LogP contribution >= 0.6 is 0 Å². The third-order valence-electron chi connectivity index (χ3n) is 3.77. The molecular formula is C16H14N4O5. The predicted molar refractivity (Wildman–Crippen MR) is 84.0 cm³/mol. The molecule has 1 unspecified atom stereocenters. The average molecular weight is 342 g/mol. The van der Waals surface area contributed by atoms with Crippen molar-refractivity contribution in [3.05, 3.63) is 42.1 Å². The zero-order chi connectivity index (χ0) is 18.0. The third-order valence-corrected chi connectivity index (χ3v) is 3.77. The van der Waals surface area contributed by atoms with Crippen molar-refractivity contribution in [2.75, 3.05) is 18.1 Å². The molecule has 1 aromatic carbocycles. The summed E-state index contributed by atoms with van der Waals surface area (Å²) in [5.41, 5.74) is 1.22. The third kappa shape index (κ3) is 3.21. The lowest BCUT2D eigenvalue weighted by atomic mass is 10.1. The molecule has 0 radical (unpaired) electrons.